The third kappa shape index (κ3) is 5.26. The largest absolute Gasteiger partial charge is 0.573 e. The molecule has 2 aliphatic heterocycles. The van der Waals surface area contributed by atoms with Crippen LogP contribution in [0.15, 0.2) is 48.5 Å². The molecule has 3 aliphatic carbocycles. The first-order valence-electron chi connectivity index (χ1n) is 16.5. The van der Waals surface area contributed by atoms with Crippen LogP contribution in [0.3, 0.4) is 0 Å². The number of amides is 1. The minimum absolute atomic E-state index is 0.0268. The van der Waals surface area contributed by atoms with Crippen molar-refractivity contribution >= 4 is 18.0 Å². The number of alkyl halides is 3. The highest BCUT2D eigenvalue weighted by molar-refractivity contribution is 5.92. The first kappa shape index (κ1) is 31.1. The maximum Gasteiger partial charge on any atom is 0.573 e. The van der Waals surface area contributed by atoms with Crippen LogP contribution >= 0.6 is 0 Å². The van der Waals surface area contributed by atoms with Gasteiger partial charge in [0.05, 0.1) is 17.5 Å². The fourth-order valence-corrected chi connectivity index (χ4v) is 9.04. The van der Waals surface area contributed by atoms with E-state index in [1.165, 1.54) is 55.7 Å². The summed E-state index contributed by atoms with van der Waals surface area (Å²) in [5.74, 6) is 0.774. The van der Waals surface area contributed by atoms with E-state index in [0.29, 0.717) is 30.9 Å². The van der Waals surface area contributed by atoms with E-state index in [9.17, 15) is 22.8 Å². The Bertz CT molecular complexity index is 1550. The van der Waals surface area contributed by atoms with E-state index in [2.05, 4.69) is 29.6 Å². The number of piperidine rings is 1. The van der Waals surface area contributed by atoms with E-state index in [4.69, 9.17) is 9.47 Å². The lowest BCUT2D eigenvalue weighted by Crippen LogP contribution is -2.79. The number of rotatable bonds is 9. The second-order valence-corrected chi connectivity index (χ2v) is 14.1. The first-order valence-corrected chi connectivity index (χ1v) is 16.5. The number of esters is 1. The standard InChI is InChI=1S/C36H41F3N2O5/c1-22(2)20-41(31(43)13-12-24-6-4-8-27(18-24)46-36(37,38)39)28-14-15-35(45-23(3)42)30-19-26-7-5-9-29-32(26)34(35,33(28)44-29)16-17-40(30)21-25-10-11-25/h4-9,12-13,18,22,25,28,30,33H,10-11,14-17,19-21H2,1-3H3/t28-,30+,33-,34-,35+/m0/s1. The van der Waals surface area contributed by atoms with E-state index < -0.39 is 23.5 Å². The van der Waals surface area contributed by atoms with E-state index in [1.807, 2.05) is 17.0 Å². The van der Waals surface area contributed by atoms with Crippen LogP contribution < -0.4 is 9.47 Å². The molecule has 246 valence electrons. The fraction of sp³-hybridized carbons (Fsp3) is 0.556. The van der Waals surface area contributed by atoms with Gasteiger partial charge < -0.3 is 19.1 Å². The number of hydrogen-bond acceptors (Lipinski definition) is 6. The molecule has 5 atom stereocenters. The van der Waals surface area contributed by atoms with Crippen molar-refractivity contribution in [1.29, 1.82) is 0 Å². The van der Waals surface area contributed by atoms with Crippen LogP contribution in [0.25, 0.3) is 6.08 Å². The van der Waals surface area contributed by atoms with Gasteiger partial charge in [-0.2, -0.15) is 0 Å². The van der Waals surface area contributed by atoms with Gasteiger partial charge in [0, 0.05) is 31.7 Å². The predicted octanol–water partition coefficient (Wildman–Crippen LogP) is 6.29. The molecule has 2 heterocycles. The summed E-state index contributed by atoms with van der Waals surface area (Å²) in [7, 11) is 0. The topological polar surface area (TPSA) is 68.3 Å². The van der Waals surface area contributed by atoms with Gasteiger partial charge >= 0.3 is 12.3 Å². The van der Waals surface area contributed by atoms with Crippen LogP contribution in [0.5, 0.6) is 11.5 Å². The molecule has 2 aromatic rings. The summed E-state index contributed by atoms with van der Waals surface area (Å²) < 4.78 is 56.0. The van der Waals surface area contributed by atoms with Crippen LogP contribution in [0.1, 0.15) is 69.6 Å². The Hall–Kier alpha value is -3.53. The second kappa shape index (κ2) is 11.3. The maximum absolute atomic E-state index is 14.1. The third-order valence-corrected chi connectivity index (χ3v) is 10.7. The van der Waals surface area contributed by atoms with Crippen LogP contribution in [0, 0.1) is 11.8 Å². The monoisotopic (exact) mass is 638 g/mol. The van der Waals surface area contributed by atoms with Gasteiger partial charge in [-0.1, -0.05) is 38.1 Å². The number of nitrogens with zero attached hydrogens (tertiary/aromatic N) is 2. The van der Waals surface area contributed by atoms with Crippen molar-refractivity contribution in [2.45, 2.75) is 94.9 Å². The Morgan fingerprint density at radius 3 is 2.63 bits per heavy atom. The van der Waals surface area contributed by atoms with Gasteiger partial charge in [-0.3, -0.25) is 14.5 Å². The van der Waals surface area contributed by atoms with Crippen LogP contribution in [0.2, 0.25) is 0 Å². The van der Waals surface area contributed by atoms with Gasteiger partial charge in [-0.15, -0.1) is 13.2 Å². The zero-order chi connectivity index (χ0) is 32.4. The average Bonchev–Trinajstić information content (AvgIpc) is 3.73. The molecule has 0 aromatic heterocycles. The third-order valence-electron chi connectivity index (χ3n) is 10.7. The number of halogens is 3. The Morgan fingerprint density at radius 2 is 1.91 bits per heavy atom. The number of hydrogen-bond donors (Lipinski definition) is 0. The fourth-order valence-electron chi connectivity index (χ4n) is 9.04. The number of carbonyl (C=O) groups excluding carboxylic acids is 2. The van der Waals surface area contributed by atoms with Crippen LogP contribution in [0.4, 0.5) is 13.2 Å². The molecule has 1 spiro atoms. The van der Waals surface area contributed by atoms with Crippen LogP contribution in [-0.4, -0.2) is 71.5 Å². The van der Waals surface area contributed by atoms with E-state index in [0.717, 1.165) is 37.2 Å². The molecule has 1 saturated heterocycles. The van der Waals surface area contributed by atoms with Crippen molar-refractivity contribution in [2.24, 2.45) is 11.8 Å². The predicted molar refractivity (Wildman–Crippen MR) is 165 cm³/mol. The molecule has 0 N–H and O–H groups in total. The minimum Gasteiger partial charge on any atom is -0.487 e. The Balaban J connectivity index is 1.25. The number of carbonyl (C=O) groups is 2. The van der Waals surface area contributed by atoms with Gasteiger partial charge in [0.2, 0.25) is 5.91 Å². The maximum atomic E-state index is 14.1. The summed E-state index contributed by atoms with van der Waals surface area (Å²) in [5, 5.41) is 0. The highest BCUT2D eigenvalue weighted by Gasteiger charge is 2.75. The Kier molecular flexibility index (Phi) is 7.65. The van der Waals surface area contributed by atoms with E-state index in [1.54, 1.807) is 6.07 Å². The lowest BCUT2D eigenvalue weighted by molar-refractivity contribution is -0.274. The minimum atomic E-state index is -4.81. The number of likely N-dealkylation sites (tertiary alicyclic amines) is 1. The quantitative estimate of drug-likeness (QED) is 0.238. The molecule has 0 radical (unpaired) electrons. The molecule has 5 aliphatic rings. The van der Waals surface area contributed by atoms with Crippen molar-refractivity contribution in [2.75, 3.05) is 19.6 Å². The summed E-state index contributed by atoms with van der Waals surface area (Å²) >= 11 is 0. The molecule has 10 heteroatoms. The molecular weight excluding hydrogens is 597 g/mol. The lowest BCUT2D eigenvalue weighted by Gasteiger charge is -2.65. The van der Waals surface area contributed by atoms with Crippen molar-refractivity contribution in [3.63, 3.8) is 0 Å². The summed E-state index contributed by atoms with van der Waals surface area (Å²) in [5.41, 5.74) is 1.43. The highest BCUT2D eigenvalue weighted by Crippen LogP contribution is 2.66. The zero-order valence-electron chi connectivity index (χ0n) is 26.5. The average molecular weight is 639 g/mol. The first-order chi connectivity index (χ1) is 21.9. The van der Waals surface area contributed by atoms with Crippen molar-refractivity contribution < 1.29 is 37.0 Å². The van der Waals surface area contributed by atoms with Crippen LogP contribution in [-0.2, 0) is 26.2 Å². The summed E-state index contributed by atoms with van der Waals surface area (Å²) in [6.07, 6.45) is 2.97. The molecule has 46 heavy (non-hydrogen) atoms. The second-order valence-electron chi connectivity index (χ2n) is 14.1. The highest BCUT2D eigenvalue weighted by atomic mass is 19.4. The smallest absolute Gasteiger partial charge is 0.487 e. The molecule has 7 nitrogen and oxygen atoms in total. The summed E-state index contributed by atoms with van der Waals surface area (Å²) in [6, 6.07) is 11.5. The molecule has 2 saturated carbocycles. The van der Waals surface area contributed by atoms with Gasteiger partial charge in [-0.25, -0.2) is 0 Å². The zero-order valence-corrected chi connectivity index (χ0v) is 26.5. The summed E-state index contributed by atoms with van der Waals surface area (Å²) in [4.78, 5) is 31.4. The van der Waals surface area contributed by atoms with E-state index in [-0.39, 0.29) is 35.6 Å². The number of ether oxygens (including phenoxy) is 3. The molecule has 1 amide bonds. The van der Waals surface area contributed by atoms with Gasteiger partial charge in [0.25, 0.3) is 0 Å². The van der Waals surface area contributed by atoms with Gasteiger partial charge in [-0.05, 0) is 92.3 Å². The van der Waals surface area contributed by atoms with Crippen molar-refractivity contribution in [1.82, 2.24) is 9.80 Å². The van der Waals surface area contributed by atoms with Gasteiger partial charge in [0.1, 0.15) is 23.2 Å². The number of benzene rings is 2. The molecule has 7 rings (SSSR count). The Morgan fingerprint density at radius 1 is 1.13 bits per heavy atom. The molecule has 3 fully saturated rings. The summed E-state index contributed by atoms with van der Waals surface area (Å²) in [6.45, 7) is 7.97. The van der Waals surface area contributed by atoms with Gasteiger partial charge in [0.15, 0.2) is 0 Å². The van der Waals surface area contributed by atoms with Crippen molar-refractivity contribution in [3.05, 3.63) is 65.2 Å². The van der Waals surface area contributed by atoms with Crippen molar-refractivity contribution in [3.8, 4) is 11.5 Å². The molecular formula is C36H41F3N2O5. The Labute approximate surface area is 267 Å². The molecule has 2 bridgehead atoms. The SMILES string of the molecule is CC(=O)O[C@@]12CC[C@H](N(CC(C)C)C(=O)C=Cc3cccc(OC(F)(F)F)c3)[C@@H]3Oc4cccc5c4[C@@]31CCN(CC1CC1)[C@@H]2C5. The molecule has 2 aromatic carbocycles. The normalized spacial score (nSPS) is 29.8. The van der Waals surface area contributed by atoms with E-state index >= 15 is 0 Å². The lowest BCUT2D eigenvalue weighted by atomic mass is 9.48. The molecule has 0 unspecified atom stereocenters.